The zero-order chi connectivity index (χ0) is 31.9. The van der Waals surface area contributed by atoms with Crippen molar-refractivity contribution >= 4 is 11.9 Å². The van der Waals surface area contributed by atoms with Gasteiger partial charge in [-0.05, 0) is 98.2 Å². The molecule has 1 aliphatic carbocycles. The minimum Gasteiger partial charge on any atom is -0.456 e. The highest BCUT2D eigenvalue weighted by atomic mass is 19.1. The summed E-state index contributed by atoms with van der Waals surface area (Å²) in [5.41, 5.74) is 9.79. The summed E-state index contributed by atoms with van der Waals surface area (Å²) < 4.78 is 33.9. The Kier molecular flexibility index (Phi) is 10.9. The van der Waals surface area contributed by atoms with Gasteiger partial charge in [0.05, 0.1) is 5.56 Å². The molecule has 44 heavy (non-hydrogen) atoms. The van der Waals surface area contributed by atoms with E-state index in [9.17, 15) is 18.4 Å². The van der Waals surface area contributed by atoms with Gasteiger partial charge in [0.15, 0.2) is 0 Å². The van der Waals surface area contributed by atoms with Gasteiger partial charge in [-0.3, -0.25) is 4.79 Å². The van der Waals surface area contributed by atoms with Crippen molar-refractivity contribution in [1.82, 2.24) is 10.2 Å². The van der Waals surface area contributed by atoms with Crippen LogP contribution in [0.4, 0.5) is 8.78 Å². The number of carbonyl (C=O) groups is 2. The predicted molar refractivity (Wildman–Crippen MR) is 168 cm³/mol. The number of aryl methyl sites for hydroxylation is 1. The van der Waals surface area contributed by atoms with Crippen molar-refractivity contribution in [3.05, 3.63) is 106 Å². The number of rotatable bonds is 14. The second kappa shape index (κ2) is 14.6. The normalized spacial score (nSPS) is 14.8. The van der Waals surface area contributed by atoms with E-state index in [0.717, 1.165) is 48.4 Å². The molecule has 1 amide bonds. The molecule has 0 saturated heterocycles. The van der Waals surface area contributed by atoms with Crippen LogP contribution in [0, 0.1) is 30.9 Å². The maximum Gasteiger partial charge on any atom is 0.338 e. The fourth-order valence-corrected chi connectivity index (χ4v) is 5.58. The molecule has 1 aliphatic rings. The van der Waals surface area contributed by atoms with Gasteiger partial charge in [0.1, 0.15) is 17.7 Å². The lowest BCUT2D eigenvalue weighted by Crippen LogP contribution is -2.48. The van der Waals surface area contributed by atoms with Gasteiger partial charge in [-0.15, -0.1) is 6.42 Å². The molecule has 0 heterocycles. The number of ether oxygens (including phenoxy) is 1. The highest BCUT2D eigenvalue weighted by Crippen LogP contribution is 2.45. The van der Waals surface area contributed by atoms with Crippen molar-refractivity contribution in [1.29, 1.82) is 0 Å². The number of terminal acetylenes is 1. The van der Waals surface area contributed by atoms with Gasteiger partial charge in [-0.2, -0.15) is 0 Å². The molecule has 232 valence electrons. The Hall–Kier alpha value is -4.06. The Morgan fingerprint density at radius 1 is 1.02 bits per heavy atom. The van der Waals surface area contributed by atoms with E-state index in [1.165, 1.54) is 12.1 Å². The molecule has 1 fully saturated rings. The SMILES string of the molecule is C#Cc1cccc(C2(NC[C@@H](OC(=O)c3cc(C)cc(C(=O)N(CCC)CCC)c3)[C@@H](N)Cc3cc(F)cc(F)c3)CC2)c1. The first-order valence-electron chi connectivity index (χ1n) is 15.2. The molecule has 6 nitrogen and oxygen atoms in total. The average Bonchev–Trinajstić information content (AvgIpc) is 3.79. The minimum absolute atomic E-state index is 0.0778. The lowest BCUT2D eigenvalue weighted by molar-refractivity contribution is 0.0228. The molecule has 0 aliphatic heterocycles. The molecule has 1 saturated carbocycles. The quantitative estimate of drug-likeness (QED) is 0.178. The van der Waals surface area contributed by atoms with Crippen molar-refractivity contribution in [2.45, 2.75) is 70.6 Å². The zero-order valence-corrected chi connectivity index (χ0v) is 25.7. The summed E-state index contributed by atoms with van der Waals surface area (Å²) >= 11 is 0. The summed E-state index contributed by atoms with van der Waals surface area (Å²) in [6, 6.07) is 15.2. The maximum atomic E-state index is 13.9. The number of amides is 1. The first-order chi connectivity index (χ1) is 21.1. The third-order valence-corrected chi connectivity index (χ3v) is 7.94. The lowest BCUT2D eigenvalue weighted by Gasteiger charge is -2.28. The molecule has 0 radical (unpaired) electrons. The minimum atomic E-state index is -0.849. The number of hydrogen-bond acceptors (Lipinski definition) is 5. The van der Waals surface area contributed by atoms with E-state index < -0.39 is 29.7 Å². The molecular formula is C36H41F2N3O3. The number of benzene rings is 3. The number of nitrogens with one attached hydrogen (secondary N) is 1. The van der Waals surface area contributed by atoms with Crippen LogP contribution < -0.4 is 11.1 Å². The summed E-state index contributed by atoms with van der Waals surface area (Å²) in [4.78, 5) is 28.7. The molecule has 0 unspecified atom stereocenters. The summed E-state index contributed by atoms with van der Waals surface area (Å²) in [6.07, 6.45) is 8.21. The molecule has 0 aromatic heterocycles. The van der Waals surface area contributed by atoms with Gasteiger partial charge in [0.2, 0.25) is 0 Å². The molecule has 3 aromatic carbocycles. The predicted octanol–water partition coefficient (Wildman–Crippen LogP) is 5.89. The number of esters is 1. The van der Waals surface area contributed by atoms with Crippen LogP contribution >= 0.6 is 0 Å². The van der Waals surface area contributed by atoms with Crippen LogP contribution in [0.15, 0.2) is 60.7 Å². The summed E-state index contributed by atoms with van der Waals surface area (Å²) in [7, 11) is 0. The fourth-order valence-electron chi connectivity index (χ4n) is 5.58. The number of hydrogen-bond donors (Lipinski definition) is 2. The maximum absolute atomic E-state index is 13.9. The van der Waals surface area contributed by atoms with Crippen LogP contribution in [0.5, 0.6) is 0 Å². The molecule has 0 bridgehead atoms. The second-order valence-corrected chi connectivity index (χ2v) is 11.7. The summed E-state index contributed by atoms with van der Waals surface area (Å²) in [6.45, 7) is 7.29. The van der Waals surface area contributed by atoms with E-state index in [1.54, 1.807) is 23.1 Å². The van der Waals surface area contributed by atoms with Crippen LogP contribution in [-0.4, -0.2) is 48.6 Å². The Labute approximate surface area is 259 Å². The molecular weight excluding hydrogens is 560 g/mol. The standard InChI is InChI=1S/C36H41F2N3O3/c1-5-13-41(14-6-2)34(42)27-15-24(4)16-28(21-27)35(43)44-33(32(39)20-26-18-30(37)22-31(38)19-26)23-40-36(11-12-36)29-10-8-9-25(7-3)17-29/h3,8-10,15-19,21-22,32-33,40H,5-6,11-14,20,23,39H2,1-2,4H3/t32-,33+/m0/s1. The van der Waals surface area contributed by atoms with Gasteiger partial charge in [0.25, 0.3) is 5.91 Å². The monoisotopic (exact) mass is 601 g/mol. The van der Waals surface area contributed by atoms with Crippen LogP contribution in [0.3, 0.4) is 0 Å². The van der Waals surface area contributed by atoms with Crippen molar-refractivity contribution in [2.24, 2.45) is 5.73 Å². The van der Waals surface area contributed by atoms with E-state index in [1.807, 2.05) is 45.0 Å². The van der Waals surface area contributed by atoms with E-state index in [2.05, 4.69) is 11.2 Å². The first-order valence-corrected chi connectivity index (χ1v) is 15.2. The average molecular weight is 602 g/mol. The molecule has 3 aromatic rings. The summed E-state index contributed by atoms with van der Waals surface area (Å²) in [5.74, 6) is 0.477. The lowest BCUT2D eigenvalue weighted by atomic mass is 9.99. The highest BCUT2D eigenvalue weighted by molar-refractivity contribution is 5.98. The van der Waals surface area contributed by atoms with Gasteiger partial charge in [-0.1, -0.05) is 31.9 Å². The number of carbonyl (C=O) groups excluding carboxylic acids is 2. The molecule has 0 spiro atoms. The Morgan fingerprint density at radius 2 is 1.68 bits per heavy atom. The smallest absolute Gasteiger partial charge is 0.338 e. The molecule has 4 rings (SSSR count). The molecule has 8 heteroatoms. The molecule has 3 N–H and O–H groups in total. The highest BCUT2D eigenvalue weighted by Gasteiger charge is 2.44. The van der Waals surface area contributed by atoms with Crippen LogP contribution in [0.2, 0.25) is 0 Å². The third kappa shape index (κ3) is 8.31. The zero-order valence-electron chi connectivity index (χ0n) is 25.7. The van der Waals surface area contributed by atoms with E-state index in [0.29, 0.717) is 24.2 Å². The summed E-state index contributed by atoms with van der Waals surface area (Å²) in [5, 5.41) is 3.53. The van der Waals surface area contributed by atoms with Crippen molar-refractivity contribution in [3.8, 4) is 12.3 Å². The van der Waals surface area contributed by atoms with Crippen molar-refractivity contribution in [2.75, 3.05) is 19.6 Å². The Balaban J connectivity index is 1.58. The van der Waals surface area contributed by atoms with Crippen LogP contribution in [0.1, 0.15) is 82.5 Å². The third-order valence-electron chi connectivity index (χ3n) is 7.94. The Morgan fingerprint density at radius 3 is 2.30 bits per heavy atom. The van der Waals surface area contributed by atoms with Crippen molar-refractivity contribution in [3.63, 3.8) is 0 Å². The van der Waals surface area contributed by atoms with Gasteiger partial charge in [-0.25, -0.2) is 13.6 Å². The van der Waals surface area contributed by atoms with Gasteiger partial charge in [0, 0.05) is 48.4 Å². The largest absolute Gasteiger partial charge is 0.456 e. The van der Waals surface area contributed by atoms with E-state index >= 15 is 0 Å². The topological polar surface area (TPSA) is 84.7 Å². The van der Waals surface area contributed by atoms with Gasteiger partial charge >= 0.3 is 5.97 Å². The van der Waals surface area contributed by atoms with E-state index in [-0.39, 0.29) is 30.0 Å². The first kappa shape index (κ1) is 32.8. The molecule has 2 atom stereocenters. The second-order valence-electron chi connectivity index (χ2n) is 11.7. The number of halogens is 2. The van der Waals surface area contributed by atoms with Crippen molar-refractivity contribution < 1.29 is 23.1 Å². The van der Waals surface area contributed by atoms with Gasteiger partial charge < -0.3 is 20.7 Å². The fraction of sp³-hybridized carbons (Fsp3) is 0.389. The van der Waals surface area contributed by atoms with Crippen LogP contribution in [-0.2, 0) is 16.7 Å². The number of nitrogens with zero attached hydrogens (tertiary/aromatic N) is 1. The van der Waals surface area contributed by atoms with Crippen LogP contribution in [0.25, 0.3) is 0 Å². The van der Waals surface area contributed by atoms with E-state index in [4.69, 9.17) is 16.9 Å². The number of nitrogens with two attached hydrogens (primary N) is 1. The Bertz CT molecular complexity index is 1500.